The lowest BCUT2D eigenvalue weighted by atomic mass is 9.98. The summed E-state index contributed by atoms with van der Waals surface area (Å²) < 4.78 is 19.5. The van der Waals surface area contributed by atoms with E-state index in [2.05, 4.69) is 5.32 Å². The summed E-state index contributed by atoms with van der Waals surface area (Å²) in [6.07, 6.45) is 5.08. The molecule has 3 rings (SSSR count). The van der Waals surface area contributed by atoms with Gasteiger partial charge in [0.1, 0.15) is 17.6 Å². The molecule has 5 nitrogen and oxygen atoms in total. The van der Waals surface area contributed by atoms with Crippen LogP contribution in [-0.2, 0) is 4.79 Å². The first-order chi connectivity index (χ1) is 15.3. The molecule has 32 heavy (non-hydrogen) atoms. The molecule has 1 aliphatic rings. The maximum atomic E-state index is 13.4. The summed E-state index contributed by atoms with van der Waals surface area (Å²) in [6, 6.07) is 12.2. The minimum atomic E-state index is -0.678. The van der Waals surface area contributed by atoms with E-state index in [0.29, 0.717) is 24.2 Å². The number of benzene rings is 2. The highest BCUT2D eigenvalue weighted by molar-refractivity contribution is 5.99. The number of para-hydroxylation sites is 1. The third-order valence-electron chi connectivity index (χ3n) is 5.68. The van der Waals surface area contributed by atoms with Gasteiger partial charge in [-0.15, -0.1) is 0 Å². The first-order valence-corrected chi connectivity index (χ1v) is 11.0. The summed E-state index contributed by atoms with van der Waals surface area (Å²) in [4.78, 5) is 28.2. The lowest BCUT2D eigenvalue weighted by Crippen LogP contribution is -2.51. The number of halogens is 1. The number of rotatable bonds is 2. The largest absolute Gasteiger partial charge is 0.490 e. The Hall–Kier alpha value is -3.15. The van der Waals surface area contributed by atoms with Gasteiger partial charge in [-0.05, 0) is 49.1 Å². The van der Waals surface area contributed by atoms with Gasteiger partial charge in [-0.3, -0.25) is 9.59 Å². The van der Waals surface area contributed by atoms with Gasteiger partial charge in [-0.1, -0.05) is 50.3 Å². The van der Waals surface area contributed by atoms with Crippen LogP contribution in [0.1, 0.15) is 55.6 Å². The van der Waals surface area contributed by atoms with E-state index in [1.54, 1.807) is 37.4 Å². The molecule has 1 N–H and O–H groups in total. The zero-order chi connectivity index (χ0) is 23.3. The van der Waals surface area contributed by atoms with Crippen molar-refractivity contribution in [3.63, 3.8) is 0 Å². The standard InChI is InChI=1S/C26H31FN2O3/c1-17(2)24-25(30)28-22(19-13-15-20(27)16-14-19)11-7-5-9-18(3)32-23-12-8-6-10-21(23)26(31)29(24)4/h5-8,10,12-18,22,24H,9,11H2,1-4H3,(H,28,30)/b7-5+/t18-,22-,24-/m0/s1. The third kappa shape index (κ3) is 5.55. The summed E-state index contributed by atoms with van der Waals surface area (Å²) in [5, 5.41) is 3.09. The average Bonchev–Trinajstić information content (AvgIpc) is 2.75. The van der Waals surface area contributed by atoms with E-state index in [0.717, 1.165) is 5.56 Å². The number of nitrogens with zero attached hydrogens (tertiary/aromatic N) is 1. The van der Waals surface area contributed by atoms with Crippen molar-refractivity contribution in [2.75, 3.05) is 7.05 Å². The highest BCUT2D eigenvalue weighted by Gasteiger charge is 2.33. The molecular formula is C26H31FN2O3. The predicted molar refractivity (Wildman–Crippen MR) is 123 cm³/mol. The van der Waals surface area contributed by atoms with Crippen molar-refractivity contribution in [1.29, 1.82) is 0 Å². The van der Waals surface area contributed by atoms with Crippen LogP contribution in [0, 0.1) is 11.7 Å². The Morgan fingerprint density at radius 1 is 1.03 bits per heavy atom. The van der Waals surface area contributed by atoms with E-state index in [4.69, 9.17) is 4.74 Å². The third-order valence-corrected chi connectivity index (χ3v) is 5.68. The van der Waals surface area contributed by atoms with Gasteiger partial charge in [-0.25, -0.2) is 4.39 Å². The Balaban J connectivity index is 1.99. The van der Waals surface area contributed by atoms with Gasteiger partial charge in [-0.2, -0.15) is 0 Å². The summed E-state index contributed by atoms with van der Waals surface area (Å²) in [6.45, 7) is 5.78. The Bertz CT molecular complexity index is 971. The molecule has 3 atom stereocenters. The SMILES string of the molecule is CC(C)[C@H]1C(=O)N[C@H](c2ccc(F)cc2)C/C=C/C[C@H](C)Oc2ccccc2C(=O)N1C. The van der Waals surface area contributed by atoms with Gasteiger partial charge < -0.3 is 15.0 Å². The van der Waals surface area contributed by atoms with Gasteiger partial charge in [0.05, 0.1) is 17.7 Å². The van der Waals surface area contributed by atoms with E-state index < -0.39 is 6.04 Å². The normalized spacial score (nSPS) is 23.7. The van der Waals surface area contributed by atoms with Crippen LogP contribution in [0.5, 0.6) is 5.75 Å². The van der Waals surface area contributed by atoms with Gasteiger partial charge >= 0.3 is 0 Å². The number of hydrogen-bond acceptors (Lipinski definition) is 3. The first-order valence-electron chi connectivity index (χ1n) is 11.0. The van der Waals surface area contributed by atoms with E-state index in [-0.39, 0.29) is 35.7 Å². The number of carbonyl (C=O) groups is 2. The lowest BCUT2D eigenvalue weighted by Gasteiger charge is -2.32. The van der Waals surface area contributed by atoms with Crippen molar-refractivity contribution in [1.82, 2.24) is 10.2 Å². The van der Waals surface area contributed by atoms with Crippen molar-refractivity contribution in [3.8, 4) is 5.75 Å². The quantitative estimate of drug-likeness (QED) is 0.679. The van der Waals surface area contributed by atoms with Crippen molar-refractivity contribution >= 4 is 11.8 Å². The van der Waals surface area contributed by atoms with Crippen LogP contribution in [-0.4, -0.2) is 35.9 Å². The van der Waals surface area contributed by atoms with Crippen LogP contribution in [0.4, 0.5) is 4.39 Å². The van der Waals surface area contributed by atoms with E-state index in [1.165, 1.54) is 17.0 Å². The Labute approximate surface area is 189 Å². The van der Waals surface area contributed by atoms with E-state index >= 15 is 0 Å². The molecule has 0 saturated carbocycles. The zero-order valence-corrected chi connectivity index (χ0v) is 19.0. The minimum absolute atomic E-state index is 0.117. The molecule has 0 aliphatic carbocycles. The highest BCUT2D eigenvalue weighted by Crippen LogP contribution is 2.25. The van der Waals surface area contributed by atoms with Gasteiger partial charge in [0.15, 0.2) is 0 Å². The fourth-order valence-corrected chi connectivity index (χ4v) is 4.00. The molecular weight excluding hydrogens is 407 g/mol. The van der Waals surface area contributed by atoms with Gasteiger partial charge in [0.2, 0.25) is 5.91 Å². The molecule has 2 amide bonds. The Kier molecular flexibility index (Phi) is 7.67. The van der Waals surface area contributed by atoms with Gasteiger partial charge in [0.25, 0.3) is 5.91 Å². The molecule has 0 bridgehead atoms. The molecule has 0 aromatic heterocycles. The van der Waals surface area contributed by atoms with E-state index in [1.807, 2.05) is 39.0 Å². The van der Waals surface area contributed by atoms with Crippen LogP contribution in [0.15, 0.2) is 60.7 Å². The molecule has 0 saturated heterocycles. The van der Waals surface area contributed by atoms with Crippen LogP contribution in [0.2, 0.25) is 0 Å². The monoisotopic (exact) mass is 438 g/mol. The van der Waals surface area contributed by atoms with Gasteiger partial charge in [0, 0.05) is 13.5 Å². The highest BCUT2D eigenvalue weighted by atomic mass is 19.1. The Morgan fingerprint density at radius 3 is 2.38 bits per heavy atom. The number of ether oxygens (including phenoxy) is 1. The van der Waals surface area contributed by atoms with Crippen molar-refractivity contribution in [2.24, 2.45) is 5.92 Å². The molecule has 0 spiro atoms. The maximum Gasteiger partial charge on any atom is 0.258 e. The number of hydrogen-bond donors (Lipinski definition) is 1. The molecule has 1 heterocycles. The fraction of sp³-hybridized carbons (Fsp3) is 0.385. The lowest BCUT2D eigenvalue weighted by molar-refractivity contribution is -0.127. The molecule has 0 radical (unpaired) electrons. The second-order valence-corrected chi connectivity index (χ2v) is 8.59. The van der Waals surface area contributed by atoms with Crippen molar-refractivity contribution in [2.45, 2.75) is 51.8 Å². The molecule has 1 aliphatic heterocycles. The number of carbonyl (C=O) groups excluding carboxylic acids is 2. The number of nitrogens with one attached hydrogen (secondary N) is 1. The maximum absolute atomic E-state index is 13.4. The minimum Gasteiger partial charge on any atom is -0.490 e. The fourth-order valence-electron chi connectivity index (χ4n) is 4.00. The summed E-state index contributed by atoms with van der Waals surface area (Å²) in [5.74, 6) is -0.454. The molecule has 6 heteroatoms. The molecule has 0 unspecified atom stereocenters. The second kappa shape index (κ2) is 10.4. The number of likely N-dealkylation sites (N-methyl/N-ethyl adjacent to an activating group) is 1. The van der Waals surface area contributed by atoms with Crippen LogP contribution >= 0.6 is 0 Å². The number of fused-ring (bicyclic) bond motifs is 1. The van der Waals surface area contributed by atoms with Crippen LogP contribution < -0.4 is 10.1 Å². The molecule has 2 aromatic rings. The summed E-state index contributed by atoms with van der Waals surface area (Å²) in [5.41, 5.74) is 1.24. The number of amides is 2. The van der Waals surface area contributed by atoms with Crippen LogP contribution in [0.3, 0.4) is 0 Å². The van der Waals surface area contributed by atoms with Crippen LogP contribution in [0.25, 0.3) is 0 Å². The molecule has 0 fully saturated rings. The molecule has 2 aromatic carbocycles. The second-order valence-electron chi connectivity index (χ2n) is 8.59. The topological polar surface area (TPSA) is 58.6 Å². The zero-order valence-electron chi connectivity index (χ0n) is 19.0. The Morgan fingerprint density at radius 2 is 1.69 bits per heavy atom. The van der Waals surface area contributed by atoms with E-state index in [9.17, 15) is 14.0 Å². The summed E-state index contributed by atoms with van der Waals surface area (Å²) in [7, 11) is 1.64. The molecule has 170 valence electrons. The smallest absolute Gasteiger partial charge is 0.258 e. The average molecular weight is 439 g/mol. The van der Waals surface area contributed by atoms with Crippen molar-refractivity contribution in [3.05, 3.63) is 77.6 Å². The first kappa shape index (κ1) is 23.5. The predicted octanol–water partition coefficient (Wildman–Crippen LogP) is 4.90. The summed E-state index contributed by atoms with van der Waals surface area (Å²) >= 11 is 0. The van der Waals surface area contributed by atoms with Crippen molar-refractivity contribution < 1.29 is 18.7 Å².